The zero-order valence-electron chi connectivity index (χ0n) is 14.1. The lowest BCUT2D eigenvalue weighted by Gasteiger charge is -2.39. The molecule has 0 bridgehead atoms. The van der Waals surface area contributed by atoms with Crippen molar-refractivity contribution in [2.45, 2.75) is 26.1 Å². The van der Waals surface area contributed by atoms with E-state index in [4.69, 9.17) is 4.99 Å². The summed E-state index contributed by atoms with van der Waals surface area (Å²) in [7, 11) is 3.21. The normalized spacial score (nSPS) is 26.2. The first-order valence-corrected chi connectivity index (χ1v) is 7.87. The van der Waals surface area contributed by atoms with Gasteiger partial charge in [-0.25, -0.2) is 9.79 Å². The molecule has 0 spiro atoms. The number of imide groups is 1. The molecule has 3 aliphatic rings. The van der Waals surface area contributed by atoms with Crippen molar-refractivity contribution < 1.29 is 9.59 Å². The van der Waals surface area contributed by atoms with Crippen LogP contribution in [0.25, 0.3) is 0 Å². The number of likely N-dealkylation sites (N-methyl/N-ethyl adjacent to an activating group) is 2. The minimum absolute atomic E-state index is 0.219. The quantitative estimate of drug-likeness (QED) is 0.788. The second-order valence-corrected chi connectivity index (χ2v) is 6.29. The number of aliphatic imine (C=N–C) groups is 1. The maximum atomic E-state index is 12.7. The van der Waals surface area contributed by atoms with Gasteiger partial charge in [-0.05, 0) is 26.0 Å². The van der Waals surface area contributed by atoms with E-state index < -0.39 is 12.2 Å². The number of allylic oxidation sites excluding steroid dienone is 2. The van der Waals surface area contributed by atoms with E-state index in [2.05, 4.69) is 0 Å². The summed E-state index contributed by atoms with van der Waals surface area (Å²) in [6, 6.07) is 9.09. The summed E-state index contributed by atoms with van der Waals surface area (Å²) in [6.45, 7) is 4.00. The molecule has 1 aromatic carbocycles. The predicted molar refractivity (Wildman–Crippen MR) is 90.1 cm³/mol. The summed E-state index contributed by atoms with van der Waals surface area (Å²) in [4.78, 5) is 36.4. The lowest BCUT2D eigenvalue weighted by atomic mass is 10.1. The number of hydrogen-bond acceptors (Lipinski definition) is 5. The molecular formula is C17H19N5O2. The third-order valence-electron chi connectivity index (χ3n) is 5.03. The Balaban J connectivity index is 1.83. The number of rotatable bonds is 1. The van der Waals surface area contributed by atoms with Crippen LogP contribution in [0, 0.1) is 0 Å². The fourth-order valence-electron chi connectivity index (χ4n) is 3.58. The molecule has 2 atom stereocenters. The molecule has 24 heavy (non-hydrogen) atoms. The number of amides is 3. The first kappa shape index (κ1) is 14.7. The Morgan fingerprint density at radius 2 is 1.67 bits per heavy atom. The maximum absolute atomic E-state index is 12.7. The highest BCUT2D eigenvalue weighted by molar-refractivity contribution is 6.10. The van der Waals surface area contributed by atoms with Crippen LogP contribution in [0.15, 0.2) is 46.7 Å². The predicted octanol–water partition coefficient (Wildman–Crippen LogP) is 1.65. The van der Waals surface area contributed by atoms with Gasteiger partial charge in [0.15, 0.2) is 12.2 Å². The van der Waals surface area contributed by atoms with Gasteiger partial charge < -0.3 is 4.90 Å². The largest absolute Gasteiger partial charge is 0.328 e. The van der Waals surface area contributed by atoms with E-state index in [9.17, 15) is 9.59 Å². The van der Waals surface area contributed by atoms with Crippen molar-refractivity contribution in [3.05, 3.63) is 41.7 Å². The standard InChI is InChI=1S/C17H19N5O2/c1-10-11(2)22-13-14(19(3)17(24)20(4)15(13)23)18-16(22)21(10)12-8-6-5-7-9-12/h5-9,13-14H,1-4H3. The molecular weight excluding hydrogens is 306 g/mol. The van der Waals surface area contributed by atoms with E-state index in [1.807, 2.05) is 54.0 Å². The second kappa shape index (κ2) is 4.83. The number of nitrogens with zero attached hydrogens (tertiary/aromatic N) is 5. The number of carbonyl (C=O) groups excluding carboxylic acids is 2. The van der Waals surface area contributed by atoms with Crippen LogP contribution in [0.4, 0.5) is 10.5 Å². The van der Waals surface area contributed by atoms with E-state index in [0.717, 1.165) is 17.1 Å². The Hall–Kier alpha value is -2.83. The lowest BCUT2D eigenvalue weighted by molar-refractivity contribution is -0.135. The number of fused-ring (bicyclic) bond motifs is 3. The van der Waals surface area contributed by atoms with E-state index in [1.165, 1.54) is 16.8 Å². The highest BCUT2D eigenvalue weighted by atomic mass is 16.2. The van der Waals surface area contributed by atoms with Crippen LogP contribution in [-0.2, 0) is 4.79 Å². The molecule has 3 heterocycles. The monoisotopic (exact) mass is 325 g/mol. The Morgan fingerprint density at radius 3 is 2.33 bits per heavy atom. The first-order valence-electron chi connectivity index (χ1n) is 7.87. The Bertz CT molecular complexity index is 800. The Kier molecular flexibility index (Phi) is 2.97. The second-order valence-electron chi connectivity index (χ2n) is 6.29. The van der Waals surface area contributed by atoms with Gasteiger partial charge in [0.2, 0.25) is 5.96 Å². The number of anilines is 1. The van der Waals surface area contributed by atoms with E-state index in [1.54, 1.807) is 7.05 Å². The molecule has 0 radical (unpaired) electrons. The molecule has 3 aliphatic heterocycles. The van der Waals surface area contributed by atoms with Gasteiger partial charge in [0.05, 0.1) is 0 Å². The molecule has 0 saturated carbocycles. The molecule has 1 saturated heterocycles. The molecule has 7 nitrogen and oxygen atoms in total. The Labute approximate surface area is 140 Å². The number of benzene rings is 1. The number of guanidine groups is 1. The van der Waals surface area contributed by atoms with Crippen LogP contribution in [0.3, 0.4) is 0 Å². The van der Waals surface area contributed by atoms with Gasteiger partial charge in [0.25, 0.3) is 5.91 Å². The van der Waals surface area contributed by atoms with Crippen LogP contribution in [0.5, 0.6) is 0 Å². The topological polar surface area (TPSA) is 59.5 Å². The van der Waals surface area contributed by atoms with Gasteiger partial charge in [-0.15, -0.1) is 0 Å². The summed E-state index contributed by atoms with van der Waals surface area (Å²) in [5, 5.41) is 0. The molecule has 0 aromatic heterocycles. The van der Waals surface area contributed by atoms with Gasteiger partial charge in [-0.1, -0.05) is 18.2 Å². The van der Waals surface area contributed by atoms with Crippen molar-refractivity contribution in [2.75, 3.05) is 19.0 Å². The minimum atomic E-state index is -0.503. The zero-order valence-corrected chi connectivity index (χ0v) is 14.1. The Morgan fingerprint density at radius 1 is 1.00 bits per heavy atom. The number of para-hydroxylation sites is 1. The highest BCUT2D eigenvalue weighted by Crippen LogP contribution is 2.39. The highest BCUT2D eigenvalue weighted by Gasteiger charge is 2.55. The van der Waals surface area contributed by atoms with Crippen LogP contribution >= 0.6 is 0 Å². The minimum Gasteiger partial charge on any atom is -0.302 e. The summed E-state index contributed by atoms with van der Waals surface area (Å²) in [5.41, 5.74) is 3.01. The van der Waals surface area contributed by atoms with Crippen molar-refractivity contribution in [1.29, 1.82) is 0 Å². The number of carbonyl (C=O) groups is 2. The molecule has 124 valence electrons. The average molecular weight is 325 g/mol. The van der Waals surface area contributed by atoms with Crippen molar-refractivity contribution in [3.8, 4) is 0 Å². The van der Waals surface area contributed by atoms with Crippen LogP contribution in [0.1, 0.15) is 13.8 Å². The first-order chi connectivity index (χ1) is 11.4. The summed E-state index contributed by atoms with van der Waals surface area (Å²) >= 11 is 0. The molecule has 2 unspecified atom stereocenters. The van der Waals surface area contributed by atoms with Gasteiger partial charge >= 0.3 is 6.03 Å². The zero-order chi connectivity index (χ0) is 17.2. The van der Waals surface area contributed by atoms with Crippen LogP contribution < -0.4 is 4.90 Å². The molecule has 3 amide bonds. The van der Waals surface area contributed by atoms with Crippen molar-refractivity contribution in [2.24, 2.45) is 4.99 Å². The third kappa shape index (κ3) is 1.69. The van der Waals surface area contributed by atoms with Gasteiger partial charge in [0, 0.05) is 31.2 Å². The van der Waals surface area contributed by atoms with E-state index in [-0.39, 0.29) is 11.9 Å². The number of hydrogen-bond donors (Lipinski definition) is 0. The summed E-state index contributed by atoms with van der Waals surface area (Å²) in [5.74, 6) is 0.485. The smallest absolute Gasteiger partial charge is 0.302 e. The van der Waals surface area contributed by atoms with Crippen molar-refractivity contribution in [3.63, 3.8) is 0 Å². The fraction of sp³-hybridized carbons (Fsp3) is 0.353. The number of urea groups is 1. The summed E-state index contributed by atoms with van der Waals surface area (Å²) < 4.78 is 0. The maximum Gasteiger partial charge on any atom is 0.328 e. The molecule has 0 aliphatic carbocycles. The molecule has 1 aromatic rings. The SMILES string of the molecule is CC1=C(C)N2C(=NC3C2C(=O)N(C)C(=O)N3C)N1c1ccccc1. The average Bonchev–Trinajstić information content (AvgIpc) is 3.08. The molecule has 7 heteroatoms. The summed E-state index contributed by atoms with van der Waals surface area (Å²) in [6.07, 6.45) is -0.495. The van der Waals surface area contributed by atoms with Crippen molar-refractivity contribution >= 4 is 23.6 Å². The van der Waals surface area contributed by atoms with Gasteiger partial charge in [-0.3, -0.25) is 19.5 Å². The van der Waals surface area contributed by atoms with Gasteiger partial charge in [-0.2, -0.15) is 0 Å². The van der Waals surface area contributed by atoms with Crippen LogP contribution in [0.2, 0.25) is 0 Å². The third-order valence-corrected chi connectivity index (χ3v) is 5.03. The van der Waals surface area contributed by atoms with Crippen LogP contribution in [-0.4, -0.2) is 58.9 Å². The van der Waals surface area contributed by atoms with Gasteiger partial charge in [0.1, 0.15) is 0 Å². The fourth-order valence-corrected chi connectivity index (χ4v) is 3.58. The van der Waals surface area contributed by atoms with E-state index in [0.29, 0.717) is 5.96 Å². The van der Waals surface area contributed by atoms with E-state index >= 15 is 0 Å². The van der Waals surface area contributed by atoms with Crippen molar-refractivity contribution in [1.82, 2.24) is 14.7 Å². The molecule has 0 N–H and O–H groups in total. The molecule has 4 rings (SSSR count). The molecule has 1 fully saturated rings. The lowest BCUT2D eigenvalue weighted by Crippen LogP contribution is -2.63.